The topological polar surface area (TPSA) is 52.1 Å². The predicted octanol–water partition coefficient (Wildman–Crippen LogP) is 4.51. The van der Waals surface area contributed by atoms with Crippen LogP contribution in [0.2, 0.25) is 0 Å². The molecule has 0 saturated carbocycles. The first-order valence-corrected chi connectivity index (χ1v) is 9.18. The van der Waals surface area contributed by atoms with Gasteiger partial charge in [0.1, 0.15) is 5.82 Å². The quantitative estimate of drug-likeness (QED) is 0.763. The molecule has 3 rings (SSSR count). The summed E-state index contributed by atoms with van der Waals surface area (Å²) in [7, 11) is 1.36. The Morgan fingerprint density at radius 1 is 1.04 bits per heavy atom. The number of carbonyl (C=O) groups is 1. The number of carbonyl (C=O) groups excluding carboxylic acids is 1. The Labute approximate surface area is 156 Å². The molecule has 0 amide bonds. The van der Waals surface area contributed by atoms with Gasteiger partial charge in [0.05, 0.1) is 12.7 Å². The zero-order valence-corrected chi connectivity index (χ0v) is 16.6. The molecule has 138 valence electrons. The van der Waals surface area contributed by atoms with E-state index in [2.05, 4.69) is 56.7 Å². The van der Waals surface area contributed by atoms with E-state index in [4.69, 9.17) is 4.74 Å². The van der Waals surface area contributed by atoms with Gasteiger partial charge in [0.25, 0.3) is 0 Å². The lowest BCUT2D eigenvalue weighted by Gasteiger charge is -2.42. The first-order valence-electron chi connectivity index (χ1n) is 9.18. The fraction of sp³-hybridized carbons (Fsp3) is 0.500. The highest BCUT2D eigenvalue weighted by Gasteiger charge is 2.37. The lowest BCUT2D eigenvalue weighted by molar-refractivity contribution is 0.0599. The van der Waals surface area contributed by atoms with Crippen LogP contribution >= 0.6 is 0 Å². The number of rotatable bonds is 3. The van der Waals surface area contributed by atoms with Gasteiger partial charge in [-0.15, -0.1) is 0 Å². The standard InChI is InChI=1S/C22H28N2O2/c1-14-9-17-18(22(4,5)8-7-21(17,2)3)10-15(14)11-19-23-12-16(13-24-19)20(25)26-6/h9-10,12-13H,7-8,11H2,1-6H3. The second-order valence-electron chi connectivity index (χ2n) is 8.65. The third-order valence-corrected chi connectivity index (χ3v) is 5.78. The zero-order valence-electron chi connectivity index (χ0n) is 16.6. The van der Waals surface area contributed by atoms with Crippen LogP contribution in [-0.2, 0) is 22.0 Å². The molecule has 26 heavy (non-hydrogen) atoms. The molecule has 0 N–H and O–H groups in total. The van der Waals surface area contributed by atoms with Crippen LogP contribution < -0.4 is 0 Å². The molecule has 1 aromatic carbocycles. The van der Waals surface area contributed by atoms with Gasteiger partial charge >= 0.3 is 5.97 Å². The number of hydrogen-bond acceptors (Lipinski definition) is 4. The number of methoxy groups -OCH3 is 1. The van der Waals surface area contributed by atoms with E-state index in [0.717, 1.165) is 0 Å². The minimum Gasteiger partial charge on any atom is -0.465 e. The summed E-state index contributed by atoms with van der Waals surface area (Å²) in [6, 6.07) is 4.71. The number of hydrogen-bond donors (Lipinski definition) is 0. The van der Waals surface area contributed by atoms with E-state index >= 15 is 0 Å². The Kier molecular flexibility index (Phi) is 4.63. The number of benzene rings is 1. The van der Waals surface area contributed by atoms with Crippen molar-refractivity contribution >= 4 is 5.97 Å². The molecule has 4 heteroatoms. The van der Waals surface area contributed by atoms with Gasteiger partial charge in [0, 0.05) is 18.8 Å². The van der Waals surface area contributed by atoms with Crippen molar-refractivity contribution in [3.05, 3.63) is 58.2 Å². The van der Waals surface area contributed by atoms with E-state index in [1.54, 1.807) is 0 Å². The molecule has 0 bridgehead atoms. The van der Waals surface area contributed by atoms with E-state index in [-0.39, 0.29) is 10.8 Å². The summed E-state index contributed by atoms with van der Waals surface area (Å²) in [5, 5.41) is 0. The third-order valence-electron chi connectivity index (χ3n) is 5.78. The Bertz CT molecular complexity index is 836. The Hall–Kier alpha value is -2.23. The summed E-state index contributed by atoms with van der Waals surface area (Å²) in [5.41, 5.74) is 6.21. The van der Waals surface area contributed by atoms with Crippen molar-refractivity contribution in [1.29, 1.82) is 0 Å². The predicted molar refractivity (Wildman–Crippen MR) is 103 cm³/mol. The van der Waals surface area contributed by atoms with Crippen molar-refractivity contribution in [2.45, 2.75) is 64.7 Å². The van der Waals surface area contributed by atoms with Crippen molar-refractivity contribution in [1.82, 2.24) is 9.97 Å². The molecular weight excluding hydrogens is 324 g/mol. The zero-order chi connectivity index (χ0) is 19.1. The van der Waals surface area contributed by atoms with Crippen LogP contribution in [0.1, 0.15) is 79.0 Å². The van der Waals surface area contributed by atoms with Crippen molar-refractivity contribution in [3.8, 4) is 0 Å². The number of aromatic nitrogens is 2. The van der Waals surface area contributed by atoms with Gasteiger partial charge < -0.3 is 4.74 Å². The first kappa shape index (κ1) is 18.6. The minimum absolute atomic E-state index is 0.183. The van der Waals surface area contributed by atoms with Gasteiger partial charge in [-0.3, -0.25) is 0 Å². The molecule has 0 atom stereocenters. The maximum absolute atomic E-state index is 11.5. The van der Waals surface area contributed by atoms with Crippen molar-refractivity contribution in [2.75, 3.05) is 7.11 Å². The smallest absolute Gasteiger partial charge is 0.341 e. The lowest BCUT2D eigenvalue weighted by Crippen LogP contribution is -2.34. The lowest BCUT2D eigenvalue weighted by atomic mass is 9.62. The summed E-state index contributed by atoms with van der Waals surface area (Å²) in [6.07, 6.45) is 6.14. The molecule has 0 aliphatic heterocycles. The highest BCUT2D eigenvalue weighted by atomic mass is 16.5. The first-order chi connectivity index (χ1) is 12.1. The SMILES string of the molecule is COC(=O)c1cnc(Cc2cc3c(cc2C)C(C)(C)CCC3(C)C)nc1. The normalized spacial score (nSPS) is 17.5. The van der Waals surface area contributed by atoms with Gasteiger partial charge in [-0.05, 0) is 52.8 Å². The van der Waals surface area contributed by atoms with Gasteiger partial charge in [-0.25, -0.2) is 14.8 Å². The van der Waals surface area contributed by atoms with E-state index < -0.39 is 5.97 Å². The van der Waals surface area contributed by atoms with Crippen LogP contribution in [0.5, 0.6) is 0 Å². The molecule has 0 fully saturated rings. The fourth-order valence-corrected chi connectivity index (χ4v) is 3.80. The number of aryl methyl sites for hydroxylation is 1. The summed E-state index contributed by atoms with van der Waals surface area (Å²) in [5.74, 6) is 0.305. The van der Waals surface area contributed by atoms with Gasteiger partial charge in [-0.1, -0.05) is 39.8 Å². The van der Waals surface area contributed by atoms with E-state index in [1.807, 2.05) is 0 Å². The molecule has 1 aromatic heterocycles. The Morgan fingerprint density at radius 2 is 1.58 bits per heavy atom. The highest BCUT2D eigenvalue weighted by Crippen LogP contribution is 2.46. The molecule has 0 spiro atoms. The van der Waals surface area contributed by atoms with E-state index in [9.17, 15) is 4.79 Å². The van der Waals surface area contributed by atoms with Crippen molar-refractivity contribution in [2.24, 2.45) is 0 Å². The summed E-state index contributed by atoms with van der Waals surface area (Å²) in [6.45, 7) is 11.5. The van der Waals surface area contributed by atoms with E-state index in [0.29, 0.717) is 17.8 Å². The molecule has 2 aromatic rings. The Balaban J connectivity index is 1.96. The minimum atomic E-state index is -0.412. The number of nitrogens with zero attached hydrogens (tertiary/aromatic N) is 2. The summed E-state index contributed by atoms with van der Waals surface area (Å²) < 4.78 is 4.70. The largest absolute Gasteiger partial charge is 0.465 e. The van der Waals surface area contributed by atoms with Crippen LogP contribution in [0.15, 0.2) is 24.5 Å². The number of fused-ring (bicyclic) bond motifs is 1. The fourth-order valence-electron chi connectivity index (χ4n) is 3.80. The maximum Gasteiger partial charge on any atom is 0.341 e. The molecule has 0 radical (unpaired) electrons. The monoisotopic (exact) mass is 352 g/mol. The van der Waals surface area contributed by atoms with Crippen LogP contribution in [0.4, 0.5) is 0 Å². The second kappa shape index (κ2) is 6.49. The van der Waals surface area contributed by atoms with E-state index in [1.165, 1.54) is 54.6 Å². The van der Waals surface area contributed by atoms with Gasteiger partial charge in [0.2, 0.25) is 0 Å². The van der Waals surface area contributed by atoms with Crippen LogP contribution in [0.25, 0.3) is 0 Å². The van der Waals surface area contributed by atoms with Gasteiger partial charge in [-0.2, -0.15) is 0 Å². The van der Waals surface area contributed by atoms with Crippen LogP contribution in [0, 0.1) is 6.92 Å². The van der Waals surface area contributed by atoms with Gasteiger partial charge in [0.15, 0.2) is 0 Å². The summed E-state index contributed by atoms with van der Waals surface area (Å²) in [4.78, 5) is 20.2. The molecule has 0 unspecified atom stereocenters. The number of esters is 1. The average molecular weight is 352 g/mol. The third kappa shape index (κ3) is 3.37. The molecule has 0 saturated heterocycles. The van der Waals surface area contributed by atoms with Crippen molar-refractivity contribution in [3.63, 3.8) is 0 Å². The number of ether oxygens (including phenoxy) is 1. The van der Waals surface area contributed by atoms with Crippen LogP contribution in [-0.4, -0.2) is 23.0 Å². The van der Waals surface area contributed by atoms with Crippen LogP contribution in [0.3, 0.4) is 0 Å². The second-order valence-corrected chi connectivity index (χ2v) is 8.65. The highest BCUT2D eigenvalue weighted by molar-refractivity contribution is 5.88. The molecule has 4 nitrogen and oxygen atoms in total. The summed E-state index contributed by atoms with van der Waals surface area (Å²) >= 11 is 0. The average Bonchev–Trinajstić information content (AvgIpc) is 2.60. The van der Waals surface area contributed by atoms with Crippen molar-refractivity contribution < 1.29 is 9.53 Å². The maximum atomic E-state index is 11.5. The molecule has 1 aliphatic carbocycles. The molecule has 1 aliphatic rings. The molecular formula is C22H28N2O2. The Morgan fingerprint density at radius 3 is 2.12 bits per heavy atom. The molecule has 1 heterocycles.